The highest BCUT2D eigenvalue weighted by molar-refractivity contribution is 6.00. The maximum atomic E-state index is 11.8. The SMILES string of the molecule is CC(=O)c1cc([N+](=O)[O-])ccc1N(C)C(C)C(C)(C)C. The lowest BCUT2D eigenvalue weighted by atomic mass is 9.86. The van der Waals surface area contributed by atoms with Gasteiger partial charge in [0, 0.05) is 36.5 Å². The van der Waals surface area contributed by atoms with Crippen LogP contribution in [0.4, 0.5) is 11.4 Å². The largest absolute Gasteiger partial charge is 0.371 e. The molecule has 1 aromatic rings. The van der Waals surface area contributed by atoms with Crippen molar-refractivity contribution in [3.63, 3.8) is 0 Å². The van der Waals surface area contributed by atoms with E-state index in [2.05, 4.69) is 27.7 Å². The molecule has 110 valence electrons. The maximum absolute atomic E-state index is 11.8. The number of nitrogens with zero attached hydrogens (tertiary/aromatic N) is 2. The number of hydrogen-bond donors (Lipinski definition) is 0. The van der Waals surface area contributed by atoms with Crippen LogP contribution in [0, 0.1) is 15.5 Å². The fraction of sp³-hybridized carbons (Fsp3) is 0.533. The van der Waals surface area contributed by atoms with Gasteiger partial charge in [-0.1, -0.05) is 20.8 Å². The van der Waals surface area contributed by atoms with Crippen molar-refractivity contribution in [3.8, 4) is 0 Å². The van der Waals surface area contributed by atoms with Crippen LogP contribution < -0.4 is 4.90 Å². The smallest absolute Gasteiger partial charge is 0.270 e. The van der Waals surface area contributed by atoms with Crippen LogP contribution in [0.25, 0.3) is 0 Å². The molecule has 0 fully saturated rings. The van der Waals surface area contributed by atoms with Crippen molar-refractivity contribution in [2.75, 3.05) is 11.9 Å². The number of nitro benzene ring substituents is 1. The second-order valence-corrected chi connectivity index (χ2v) is 6.17. The number of anilines is 1. The fourth-order valence-corrected chi connectivity index (χ4v) is 2.02. The third kappa shape index (κ3) is 3.35. The van der Waals surface area contributed by atoms with Crippen LogP contribution in [-0.4, -0.2) is 23.8 Å². The molecule has 0 spiro atoms. The maximum Gasteiger partial charge on any atom is 0.270 e. The molecular weight excluding hydrogens is 256 g/mol. The zero-order chi connectivity index (χ0) is 15.7. The number of nitro groups is 1. The molecule has 1 atom stereocenters. The summed E-state index contributed by atoms with van der Waals surface area (Å²) >= 11 is 0. The van der Waals surface area contributed by atoms with Gasteiger partial charge < -0.3 is 4.90 Å². The number of benzene rings is 1. The molecule has 0 bridgehead atoms. The molecule has 0 aliphatic carbocycles. The summed E-state index contributed by atoms with van der Waals surface area (Å²) < 4.78 is 0. The fourth-order valence-electron chi connectivity index (χ4n) is 2.02. The van der Waals surface area contributed by atoms with Crippen LogP contribution in [0.2, 0.25) is 0 Å². The molecule has 20 heavy (non-hydrogen) atoms. The predicted molar refractivity (Wildman–Crippen MR) is 80.4 cm³/mol. The van der Waals surface area contributed by atoms with Gasteiger partial charge in [-0.05, 0) is 25.3 Å². The summed E-state index contributed by atoms with van der Waals surface area (Å²) in [5.41, 5.74) is 1.09. The van der Waals surface area contributed by atoms with E-state index in [4.69, 9.17) is 0 Å². The van der Waals surface area contributed by atoms with E-state index in [1.54, 1.807) is 6.07 Å². The Morgan fingerprint density at radius 2 is 1.90 bits per heavy atom. The van der Waals surface area contributed by atoms with Crippen molar-refractivity contribution < 1.29 is 9.72 Å². The van der Waals surface area contributed by atoms with Crippen molar-refractivity contribution in [3.05, 3.63) is 33.9 Å². The highest BCUT2D eigenvalue weighted by atomic mass is 16.6. The van der Waals surface area contributed by atoms with E-state index in [-0.39, 0.29) is 22.9 Å². The zero-order valence-corrected chi connectivity index (χ0v) is 12.9. The Bertz CT molecular complexity index is 532. The quantitative estimate of drug-likeness (QED) is 0.479. The number of non-ortho nitro benzene ring substituents is 1. The molecule has 1 unspecified atom stereocenters. The molecule has 0 radical (unpaired) electrons. The molecule has 5 heteroatoms. The Kier molecular flexibility index (Phi) is 4.53. The molecular formula is C15H22N2O3. The first-order valence-electron chi connectivity index (χ1n) is 6.58. The summed E-state index contributed by atoms with van der Waals surface area (Å²) in [5.74, 6) is -0.170. The Hall–Kier alpha value is -1.91. The van der Waals surface area contributed by atoms with E-state index in [9.17, 15) is 14.9 Å². The van der Waals surface area contributed by atoms with Crippen LogP contribution >= 0.6 is 0 Å². The zero-order valence-electron chi connectivity index (χ0n) is 12.9. The van der Waals surface area contributed by atoms with Crippen LogP contribution in [-0.2, 0) is 0 Å². The second-order valence-electron chi connectivity index (χ2n) is 6.17. The second kappa shape index (κ2) is 5.61. The van der Waals surface area contributed by atoms with Crippen molar-refractivity contribution in [2.24, 2.45) is 5.41 Å². The minimum absolute atomic E-state index is 0.0323. The molecule has 1 rings (SSSR count). The average molecular weight is 278 g/mol. The summed E-state index contributed by atoms with van der Waals surface area (Å²) in [4.78, 5) is 24.1. The summed E-state index contributed by atoms with van der Waals surface area (Å²) in [6.07, 6.45) is 0. The van der Waals surface area contributed by atoms with Crippen LogP contribution in [0.1, 0.15) is 45.0 Å². The van der Waals surface area contributed by atoms with E-state index in [1.807, 2.05) is 11.9 Å². The predicted octanol–water partition coefficient (Wildman–Crippen LogP) is 3.67. The Morgan fingerprint density at radius 3 is 2.30 bits per heavy atom. The molecule has 0 aromatic heterocycles. The van der Waals surface area contributed by atoms with Gasteiger partial charge in [-0.2, -0.15) is 0 Å². The van der Waals surface area contributed by atoms with Gasteiger partial charge in [-0.3, -0.25) is 14.9 Å². The van der Waals surface area contributed by atoms with Gasteiger partial charge in [0.2, 0.25) is 0 Å². The number of rotatable bonds is 4. The molecule has 0 N–H and O–H groups in total. The molecule has 1 aromatic carbocycles. The highest BCUT2D eigenvalue weighted by Crippen LogP contribution is 2.31. The highest BCUT2D eigenvalue weighted by Gasteiger charge is 2.26. The lowest BCUT2D eigenvalue weighted by Gasteiger charge is -2.37. The topological polar surface area (TPSA) is 63.4 Å². The monoisotopic (exact) mass is 278 g/mol. The third-order valence-corrected chi connectivity index (χ3v) is 3.78. The number of Topliss-reactive ketones (excluding diaryl/α,β-unsaturated/α-hetero) is 1. The molecule has 0 saturated heterocycles. The minimum atomic E-state index is -0.483. The normalized spacial score (nSPS) is 12.9. The van der Waals surface area contributed by atoms with Crippen LogP contribution in [0.3, 0.4) is 0 Å². The van der Waals surface area contributed by atoms with Crippen molar-refractivity contribution in [1.29, 1.82) is 0 Å². The summed E-state index contributed by atoms with van der Waals surface area (Å²) in [7, 11) is 1.91. The van der Waals surface area contributed by atoms with Crippen molar-refractivity contribution in [2.45, 2.75) is 40.7 Å². The van der Waals surface area contributed by atoms with E-state index >= 15 is 0 Å². The summed E-state index contributed by atoms with van der Waals surface area (Å²) in [6, 6.07) is 4.62. The van der Waals surface area contributed by atoms with Crippen LogP contribution in [0.5, 0.6) is 0 Å². The van der Waals surface area contributed by atoms with Gasteiger partial charge in [0.1, 0.15) is 0 Å². The minimum Gasteiger partial charge on any atom is -0.371 e. The van der Waals surface area contributed by atoms with E-state index in [0.29, 0.717) is 5.56 Å². The molecule has 0 aliphatic rings. The molecule has 0 amide bonds. The van der Waals surface area contributed by atoms with Gasteiger partial charge in [-0.25, -0.2) is 0 Å². The Balaban J connectivity index is 3.31. The average Bonchev–Trinajstić information content (AvgIpc) is 2.34. The Labute approximate surface area is 119 Å². The van der Waals surface area contributed by atoms with Gasteiger partial charge in [-0.15, -0.1) is 0 Å². The molecule has 0 aliphatic heterocycles. The first kappa shape index (κ1) is 16.1. The van der Waals surface area contributed by atoms with Crippen LogP contribution in [0.15, 0.2) is 18.2 Å². The van der Waals surface area contributed by atoms with E-state index in [1.165, 1.54) is 19.1 Å². The van der Waals surface area contributed by atoms with E-state index in [0.717, 1.165) is 5.69 Å². The first-order valence-corrected chi connectivity index (χ1v) is 6.58. The van der Waals surface area contributed by atoms with Gasteiger partial charge in [0.25, 0.3) is 5.69 Å². The van der Waals surface area contributed by atoms with Gasteiger partial charge >= 0.3 is 0 Å². The summed E-state index contributed by atoms with van der Waals surface area (Å²) in [5, 5.41) is 10.8. The molecule has 5 nitrogen and oxygen atoms in total. The molecule has 0 heterocycles. The lowest BCUT2D eigenvalue weighted by Crippen LogP contribution is -2.40. The Morgan fingerprint density at radius 1 is 1.35 bits per heavy atom. The third-order valence-electron chi connectivity index (χ3n) is 3.78. The van der Waals surface area contributed by atoms with Gasteiger partial charge in [0.15, 0.2) is 5.78 Å². The standard InChI is InChI=1S/C15H22N2O3/c1-10(18)13-9-12(17(19)20)7-8-14(13)16(6)11(2)15(3,4)5/h7-9,11H,1-6H3. The first-order chi connectivity index (χ1) is 9.05. The number of ketones is 1. The van der Waals surface area contributed by atoms with E-state index < -0.39 is 4.92 Å². The summed E-state index contributed by atoms with van der Waals surface area (Å²) in [6.45, 7) is 9.86. The van der Waals surface area contributed by atoms with Gasteiger partial charge in [0.05, 0.1) is 4.92 Å². The number of carbonyl (C=O) groups is 1. The molecule has 0 saturated carbocycles. The number of carbonyl (C=O) groups excluding carboxylic acids is 1. The van der Waals surface area contributed by atoms with Crippen molar-refractivity contribution in [1.82, 2.24) is 0 Å². The van der Waals surface area contributed by atoms with Crippen molar-refractivity contribution >= 4 is 17.2 Å². The number of hydrogen-bond acceptors (Lipinski definition) is 4. The lowest BCUT2D eigenvalue weighted by molar-refractivity contribution is -0.384.